The van der Waals surface area contributed by atoms with E-state index in [-0.39, 0.29) is 0 Å². The van der Waals surface area contributed by atoms with Crippen LogP contribution in [0.4, 0.5) is 5.82 Å². The van der Waals surface area contributed by atoms with Crippen LogP contribution in [-0.4, -0.2) is 29.2 Å². The molecule has 0 aliphatic carbocycles. The highest BCUT2D eigenvalue weighted by Crippen LogP contribution is 2.26. The number of hydrogen-bond donors (Lipinski definition) is 1. The molecule has 1 aliphatic heterocycles. The first kappa shape index (κ1) is 12.8. The lowest BCUT2D eigenvalue weighted by Crippen LogP contribution is -2.13. The lowest BCUT2D eigenvalue weighted by Gasteiger charge is -2.11. The normalized spacial score (nSPS) is 19.1. The zero-order valence-electron chi connectivity index (χ0n) is 11.2. The minimum Gasteiger partial charge on any atom is -0.378 e. The zero-order valence-corrected chi connectivity index (χ0v) is 12.0. The van der Waals surface area contributed by atoms with Crippen molar-refractivity contribution < 1.29 is 4.74 Å². The lowest BCUT2D eigenvalue weighted by atomic mass is 10.2. The third-order valence-corrected chi connectivity index (χ3v) is 4.15. The Morgan fingerprint density at radius 3 is 3.21 bits per heavy atom. The molecule has 3 rings (SSSR count). The minimum absolute atomic E-state index is 0.302. The Labute approximate surface area is 117 Å². The summed E-state index contributed by atoms with van der Waals surface area (Å²) in [6, 6.07) is 2.09. The zero-order chi connectivity index (χ0) is 13.1. The number of hydrogen-bond acceptors (Lipinski definition) is 5. The summed E-state index contributed by atoms with van der Waals surface area (Å²) in [5.41, 5.74) is 0. The van der Waals surface area contributed by atoms with E-state index in [1.165, 1.54) is 0 Å². The van der Waals surface area contributed by atoms with Crippen molar-refractivity contribution in [1.29, 1.82) is 0 Å². The second kappa shape index (κ2) is 5.84. The fraction of sp³-hybridized carbons (Fsp3) is 0.571. The van der Waals surface area contributed by atoms with Crippen molar-refractivity contribution in [3.63, 3.8) is 0 Å². The van der Waals surface area contributed by atoms with E-state index in [1.807, 2.05) is 0 Å². The van der Waals surface area contributed by atoms with Gasteiger partial charge in [0, 0.05) is 19.6 Å². The molecule has 0 bridgehead atoms. The summed E-state index contributed by atoms with van der Waals surface area (Å²) in [5, 5.41) is 6.61. The molecule has 1 atom stereocenters. The Bertz CT molecular complexity index is 549. The summed E-state index contributed by atoms with van der Waals surface area (Å²) >= 11 is 1.68. The van der Waals surface area contributed by atoms with E-state index < -0.39 is 0 Å². The van der Waals surface area contributed by atoms with Gasteiger partial charge in [-0.3, -0.25) is 0 Å². The Hall–Kier alpha value is -1.20. The molecular formula is C14H19N3OS. The van der Waals surface area contributed by atoms with Gasteiger partial charge in [-0.15, -0.1) is 11.3 Å². The molecule has 1 fully saturated rings. The Kier molecular flexibility index (Phi) is 3.94. The van der Waals surface area contributed by atoms with Crippen LogP contribution in [0.1, 0.15) is 32.0 Å². The second-order valence-electron chi connectivity index (χ2n) is 4.89. The highest BCUT2D eigenvalue weighted by molar-refractivity contribution is 7.16. The Morgan fingerprint density at radius 2 is 2.42 bits per heavy atom. The maximum atomic E-state index is 5.67. The molecule has 1 unspecified atom stereocenters. The summed E-state index contributed by atoms with van der Waals surface area (Å²) in [4.78, 5) is 10.4. The van der Waals surface area contributed by atoms with Crippen LogP contribution >= 0.6 is 11.3 Å². The molecule has 0 aromatic carbocycles. The molecule has 0 radical (unpaired) electrons. The molecule has 4 nitrogen and oxygen atoms in total. The number of ether oxygens (including phenoxy) is 1. The van der Waals surface area contributed by atoms with Crippen LogP contribution in [0.3, 0.4) is 0 Å². The van der Waals surface area contributed by atoms with Crippen LogP contribution in [0.15, 0.2) is 11.4 Å². The van der Waals surface area contributed by atoms with E-state index in [2.05, 4.69) is 33.7 Å². The lowest BCUT2D eigenvalue weighted by molar-refractivity contribution is 0.110. The summed E-state index contributed by atoms with van der Waals surface area (Å²) in [5.74, 6) is 1.88. The summed E-state index contributed by atoms with van der Waals surface area (Å²) in [6.45, 7) is 3.99. The van der Waals surface area contributed by atoms with E-state index in [9.17, 15) is 0 Å². The van der Waals surface area contributed by atoms with Gasteiger partial charge in [0.2, 0.25) is 0 Å². The molecule has 102 valence electrons. The first-order valence-electron chi connectivity index (χ1n) is 6.96. The van der Waals surface area contributed by atoms with Gasteiger partial charge in [0.25, 0.3) is 0 Å². The van der Waals surface area contributed by atoms with Crippen LogP contribution < -0.4 is 5.32 Å². The SMILES string of the molecule is CCCNc1nc(CC2CCCO2)nc2sccc12. The molecule has 2 aromatic rings. The predicted molar refractivity (Wildman–Crippen MR) is 78.9 cm³/mol. The van der Waals surface area contributed by atoms with E-state index in [1.54, 1.807) is 11.3 Å². The molecule has 0 spiro atoms. The molecule has 2 aromatic heterocycles. The molecule has 0 amide bonds. The van der Waals surface area contributed by atoms with Gasteiger partial charge in [-0.05, 0) is 30.7 Å². The van der Waals surface area contributed by atoms with Crippen LogP contribution in [-0.2, 0) is 11.2 Å². The van der Waals surface area contributed by atoms with Crippen LogP contribution in [0, 0.1) is 0 Å². The van der Waals surface area contributed by atoms with Gasteiger partial charge in [-0.1, -0.05) is 6.92 Å². The van der Waals surface area contributed by atoms with Gasteiger partial charge in [-0.2, -0.15) is 0 Å². The van der Waals surface area contributed by atoms with Gasteiger partial charge < -0.3 is 10.1 Å². The smallest absolute Gasteiger partial charge is 0.138 e. The number of thiophene rings is 1. The summed E-state index contributed by atoms with van der Waals surface area (Å²) in [7, 11) is 0. The number of fused-ring (bicyclic) bond motifs is 1. The van der Waals surface area contributed by atoms with Crippen molar-refractivity contribution in [2.45, 2.75) is 38.7 Å². The average molecular weight is 277 g/mol. The monoisotopic (exact) mass is 277 g/mol. The topological polar surface area (TPSA) is 47.0 Å². The predicted octanol–water partition coefficient (Wildman–Crippen LogP) is 3.23. The molecule has 1 saturated heterocycles. The maximum Gasteiger partial charge on any atom is 0.138 e. The molecule has 1 N–H and O–H groups in total. The number of nitrogens with one attached hydrogen (secondary N) is 1. The number of nitrogens with zero attached hydrogens (tertiary/aromatic N) is 2. The molecule has 19 heavy (non-hydrogen) atoms. The highest BCUT2D eigenvalue weighted by Gasteiger charge is 2.18. The van der Waals surface area contributed by atoms with Crippen LogP contribution in [0.5, 0.6) is 0 Å². The van der Waals surface area contributed by atoms with Crippen LogP contribution in [0.2, 0.25) is 0 Å². The van der Waals surface area contributed by atoms with Crippen molar-refractivity contribution in [2.24, 2.45) is 0 Å². The molecule has 1 aliphatic rings. The Morgan fingerprint density at radius 1 is 1.47 bits per heavy atom. The molecule has 0 saturated carbocycles. The van der Waals surface area contributed by atoms with Crippen molar-refractivity contribution in [2.75, 3.05) is 18.5 Å². The van der Waals surface area contributed by atoms with Gasteiger partial charge in [0.1, 0.15) is 16.5 Å². The second-order valence-corrected chi connectivity index (χ2v) is 5.79. The highest BCUT2D eigenvalue weighted by atomic mass is 32.1. The fourth-order valence-corrected chi connectivity index (χ4v) is 3.16. The molecule has 3 heterocycles. The van der Waals surface area contributed by atoms with Gasteiger partial charge >= 0.3 is 0 Å². The minimum atomic E-state index is 0.302. The number of aromatic nitrogens is 2. The van der Waals surface area contributed by atoms with Crippen molar-refractivity contribution in [3.05, 3.63) is 17.3 Å². The van der Waals surface area contributed by atoms with Crippen LogP contribution in [0.25, 0.3) is 10.2 Å². The Balaban J connectivity index is 1.86. The number of anilines is 1. The van der Waals surface area contributed by atoms with Crippen molar-refractivity contribution in [1.82, 2.24) is 9.97 Å². The number of rotatable bonds is 5. The fourth-order valence-electron chi connectivity index (χ4n) is 2.38. The standard InChI is InChI=1S/C14H19N3OS/c1-2-6-15-13-11-5-8-19-14(11)17-12(16-13)9-10-4-3-7-18-10/h5,8,10H,2-4,6-7,9H2,1H3,(H,15,16,17). The third kappa shape index (κ3) is 2.87. The van der Waals surface area contributed by atoms with Crippen molar-refractivity contribution in [3.8, 4) is 0 Å². The third-order valence-electron chi connectivity index (χ3n) is 3.35. The molecular weight excluding hydrogens is 258 g/mol. The van der Waals surface area contributed by atoms with E-state index in [0.717, 1.165) is 60.7 Å². The quantitative estimate of drug-likeness (QED) is 0.911. The first-order chi connectivity index (χ1) is 9.36. The summed E-state index contributed by atoms with van der Waals surface area (Å²) in [6.07, 6.45) is 4.51. The van der Waals surface area contributed by atoms with Gasteiger partial charge in [0.05, 0.1) is 11.5 Å². The van der Waals surface area contributed by atoms with Gasteiger partial charge in [-0.25, -0.2) is 9.97 Å². The maximum absolute atomic E-state index is 5.67. The van der Waals surface area contributed by atoms with E-state index >= 15 is 0 Å². The van der Waals surface area contributed by atoms with E-state index in [4.69, 9.17) is 4.74 Å². The van der Waals surface area contributed by atoms with E-state index in [0.29, 0.717) is 6.10 Å². The largest absolute Gasteiger partial charge is 0.378 e. The first-order valence-corrected chi connectivity index (χ1v) is 7.84. The molecule has 5 heteroatoms. The van der Waals surface area contributed by atoms with Gasteiger partial charge in [0.15, 0.2) is 0 Å². The summed E-state index contributed by atoms with van der Waals surface area (Å²) < 4.78 is 5.67. The average Bonchev–Trinajstić information content (AvgIpc) is 3.06. The van der Waals surface area contributed by atoms with Crippen molar-refractivity contribution >= 4 is 27.4 Å².